The molecule has 0 saturated heterocycles. The molecule has 0 unspecified atom stereocenters. The van der Waals surface area contributed by atoms with E-state index >= 15 is 0 Å². The summed E-state index contributed by atoms with van der Waals surface area (Å²) in [5.74, 6) is -1.66. The third-order valence-corrected chi connectivity index (χ3v) is 3.53. The Kier molecular flexibility index (Phi) is 4.44. The van der Waals surface area contributed by atoms with Crippen molar-refractivity contribution in [3.8, 4) is 0 Å². The van der Waals surface area contributed by atoms with Crippen LogP contribution in [0, 0.1) is 18.6 Å². The molecule has 20 heavy (non-hydrogen) atoms. The summed E-state index contributed by atoms with van der Waals surface area (Å²) in [5.41, 5.74) is 0.457. The minimum absolute atomic E-state index is 0.251. The fourth-order valence-corrected chi connectivity index (χ4v) is 1.88. The number of rotatable bonds is 3. The van der Waals surface area contributed by atoms with Crippen LogP contribution in [-0.2, 0) is 11.2 Å². The average molecular weight is 341 g/mol. The summed E-state index contributed by atoms with van der Waals surface area (Å²) < 4.78 is 27.7. The lowest BCUT2D eigenvalue weighted by molar-refractivity contribution is -0.115. The van der Waals surface area contributed by atoms with Gasteiger partial charge in [0.2, 0.25) is 5.91 Å². The Morgan fingerprint density at radius 3 is 2.50 bits per heavy atom. The molecule has 1 amide bonds. The molecule has 3 nitrogen and oxygen atoms in total. The van der Waals surface area contributed by atoms with Gasteiger partial charge in [-0.3, -0.25) is 4.79 Å². The maximum Gasteiger partial charge on any atom is 0.230 e. The SMILES string of the molecule is Cc1nc(NC(=O)Cc2c(F)cccc2F)ccc1Br. The van der Waals surface area contributed by atoms with Crippen molar-refractivity contribution in [2.75, 3.05) is 5.32 Å². The smallest absolute Gasteiger partial charge is 0.230 e. The normalized spacial score (nSPS) is 10.4. The Hall–Kier alpha value is -1.82. The van der Waals surface area contributed by atoms with E-state index in [-0.39, 0.29) is 12.0 Å². The van der Waals surface area contributed by atoms with Crippen LogP contribution in [0.25, 0.3) is 0 Å². The molecule has 2 rings (SSSR count). The van der Waals surface area contributed by atoms with Gasteiger partial charge in [0.05, 0.1) is 12.1 Å². The second-order valence-electron chi connectivity index (χ2n) is 4.19. The summed E-state index contributed by atoms with van der Waals surface area (Å²) in [4.78, 5) is 15.9. The van der Waals surface area contributed by atoms with Crippen molar-refractivity contribution in [2.45, 2.75) is 13.3 Å². The maximum atomic E-state index is 13.4. The van der Waals surface area contributed by atoms with Gasteiger partial charge >= 0.3 is 0 Å². The van der Waals surface area contributed by atoms with Crippen LogP contribution in [0.3, 0.4) is 0 Å². The van der Waals surface area contributed by atoms with Gasteiger partial charge < -0.3 is 5.32 Å². The van der Waals surface area contributed by atoms with Crippen molar-refractivity contribution in [1.29, 1.82) is 0 Å². The van der Waals surface area contributed by atoms with Crippen molar-refractivity contribution < 1.29 is 13.6 Å². The molecule has 1 heterocycles. The number of nitrogens with zero attached hydrogens (tertiary/aromatic N) is 1. The van der Waals surface area contributed by atoms with Crippen LogP contribution in [0.15, 0.2) is 34.8 Å². The molecular weight excluding hydrogens is 330 g/mol. The fraction of sp³-hybridized carbons (Fsp3) is 0.143. The van der Waals surface area contributed by atoms with Gasteiger partial charge in [0.25, 0.3) is 0 Å². The molecule has 0 aliphatic heterocycles. The van der Waals surface area contributed by atoms with Gasteiger partial charge in [-0.1, -0.05) is 6.07 Å². The number of carbonyl (C=O) groups is 1. The standard InChI is InChI=1S/C14H11BrF2N2O/c1-8-10(15)5-6-13(18-8)19-14(20)7-9-11(16)3-2-4-12(9)17/h2-6H,7H2,1H3,(H,18,19,20). The second-order valence-corrected chi connectivity index (χ2v) is 5.04. The lowest BCUT2D eigenvalue weighted by Crippen LogP contribution is -2.17. The third kappa shape index (κ3) is 3.39. The molecule has 2 aromatic rings. The van der Waals surface area contributed by atoms with Gasteiger partial charge in [0.1, 0.15) is 17.5 Å². The van der Waals surface area contributed by atoms with Gasteiger partial charge in [-0.25, -0.2) is 13.8 Å². The van der Waals surface area contributed by atoms with Crippen LogP contribution in [-0.4, -0.2) is 10.9 Å². The molecular formula is C14H11BrF2N2O. The summed E-state index contributed by atoms with van der Waals surface area (Å²) in [5, 5.41) is 2.51. The number of amides is 1. The molecule has 0 bridgehead atoms. The van der Waals surface area contributed by atoms with Crippen LogP contribution in [0.1, 0.15) is 11.3 Å². The number of benzene rings is 1. The lowest BCUT2D eigenvalue weighted by atomic mass is 10.1. The van der Waals surface area contributed by atoms with Crippen LogP contribution >= 0.6 is 15.9 Å². The highest BCUT2D eigenvalue weighted by atomic mass is 79.9. The van der Waals surface area contributed by atoms with Gasteiger partial charge in [-0.05, 0) is 47.1 Å². The molecule has 104 valence electrons. The zero-order valence-electron chi connectivity index (χ0n) is 10.6. The minimum atomic E-state index is -0.736. The van der Waals surface area contributed by atoms with E-state index in [0.717, 1.165) is 16.6 Å². The number of halogens is 3. The summed E-state index contributed by atoms with van der Waals surface area (Å²) in [7, 11) is 0. The number of anilines is 1. The van der Waals surface area contributed by atoms with Crippen LogP contribution in [0.5, 0.6) is 0 Å². The third-order valence-electron chi connectivity index (χ3n) is 2.69. The second kappa shape index (κ2) is 6.09. The predicted molar refractivity (Wildman–Crippen MR) is 75.4 cm³/mol. The van der Waals surface area contributed by atoms with Gasteiger partial charge in [-0.2, -0.15) is 0 Å². The van der Waals surface area contributed by atoms with Crippen molar-refractivity contribution in [3.05, 3.63) is 57.7 Å². The highest BCUT2D eigenvalue weighted by Crippen LogP contribution is 2.17. The Bertz CT molecular complexity index is 641. The van der Waals surface area contributed by atoms with Crippen molar-refractivity contribution in [1.82, 2.24) is 4.98 Å². The van der Waals surface area contributed by atoms with E-state index in [0.29, 0.717) is 11.5 Å². The fourth-order valence-electron chi connectivity index (χ4n) is 1.66. The van der Waals surface area contributed by atoms with E-state index in [2.05, 4.69) is 26.2 Å². The molecule has 0 aliphatic carbocycles. The van der Waals surface area contributed by atoms with Gasteiger partial charge in [0.15, 0.2) is 0 Å². The zero-order valence-corrected chi connectivity index (χ0v) is 12.2. The Balaban J connectivity index is 2.11. The largest absolute Gasteiger partial charge is 0.310 e. The van der Waals surface area contributed by atoms with Crippen molar-refractivity contribution in [2.24, 2.45) is 0 Å². The number of hydrogen-bond acceptors (Lipinski definition) is 2. The maximum absolute atomic E-state index is 13.4. The molecule has 1 N–H and O–H groups in total. The molecule has 0 saturated carbocycles. The highest BCUT2D eigenvalue weighted by Gasteiger charge is 2.13. The van der Waals surface area contributed by atoms with E-state index in [1.165, 1.54) is 6.07 Å². The summed E-state index contributed by atoms with van der Waals surface area (Å²) in [6.45, 7) is 1.77. The zero-order chi connectivity index (χ0) is 14.7. The van der Waals surface area contributed by atoms with E-state index in [1.807, 2.05) is 0 Å². The first-order chi connectivity index (χ1) is 9.47. The Morgan fingerprint density at radius 2 is 1.90 bits per heavy atom. The molecule has 1 aromatic carbocycles. The number of aromatic nitrogens is 1. The number of carbonyl (C=O) groups excluding carboxylic acids is 1. The average Bonchev–Trinajstić information content (AvgIpc) is 2.38. The van der Waals surface area contributed by atoms with Gasteiger partial charge in [-0.15, -0.1) is 0 Å². The minimum Gasteiger partial charge on any atom is -0.310 e. The number of hydrogen-bond donors (Lipinski definition) is 1. The summed E-state index contributed by atoms with van der Waals surface area (Å²) in [6.07, 6.45) is -0.380. The molecule has 0 fully saturated rings. The number of aryl methyl sites for hydroxylation is 1. The molecule has 0 radical (unpaired) electrons. The lowest BCUT2D eigenvalue weighted by Gasteiger charge is -2.07. The molecule has 0 aliphatic rings. The van der Waals surface area contributed by atoms with E-state index in [1.54, 1.807) is 19.1 Å². The van der Waals surface area contributed by atoms with Crippen molar-refractivity contribution >= 4 is 27.7 Å². The quantitative estimate of drug-likeness (QED) is 0.927. The molecule has 6 heteroatoms. The predicted octanol–water partition coefficient (Wildman–Crippen LogP) is 3.61. The Labute approximate surface area is 123 Å². The number of nitrogens with one attached hydrogen (secondary N) is 1. The summed E-state index contributed by atoms with van der Waals surface area (Å²) in [6, 6.07) is 6.83. The van der Waals surface area contributed by atoms with E-state index in [9.17, 15) is 13.6 Å². The van der Waals surface area contributed by atoms with Crippen LogP contribution in [0.4, 0.5) is 14.6 Å². The highest BCUT2D eigenvalue weighted by molar-refractivity contribution is 9.10. The summed E-state index contributed by atoms with van der Waals surface area (Å²) >= 11 is 3.29. The van der Waals surface area contributed by atoms with Gasteiger partial charge in [0, 0.05) is 10.0 Å². The molecule has 0 atom stereocenters. The first-order valence-electron chi connectivity index (χ1n) is 5.83. The van der Waals surface area contributed by atoms with E-state index < -0.39 is 17.5 Å². The monoisotopic (exact) mass is 340 g/mol. The van der Waals surface area contributed by atoms with Crippen LogP contribution < -0.4 is 5.32 Å². The first-order valence-corrected chi connectivity index (χ1v) is 6.62. The van der Waals surface area contributed by atoms with E-state index in [4.69, 9.17) is 0 Å². The van der Waals surface area contributed by atoms with Crippen LogP contribution in [0.2, 0.25) is 0 Å². The molecule has 0 spiro atoms. The number of pyridine rings is 1. The van der Waals surface area contributed by atoms with Crippen molar-refractivity contribution in [3.63, 3.8) is 0 Å². The Morgan fingerprint density at radius 1 is 1.25 bits per heavy atom. The topological polar surface area (TPSA) is 42.0 Å². The first kappa shape index (κ1) is 14.6. The molecule has 1 aromatic heterocycles.